The van der Waals surface area contributed by atoms with Crippen LogP contribution in [0.5, 0.6) is 0 Å². The highest BCUT2D eigenvalue weighted by atomic mass is 15.2. The summed E-state index contributed by atoms with van der Waals surface area (Å²) in [7, 11) is 0. The molecule has 112 valence electrons. The Labute approximate surface area is 130 Å². The Morgan fingerprint density at radius 1 is 1.00 bits per heavy atom. The molecule has 22 heavy (non-hydrogen) atoms. The van der Waals surface area contributed by atoms with Crippen molar-refractivity contribution < 1.29 is 0 Å². The second kappa shape index (κ2) is 6.12. The molecule has 0 fully saturated rings. The van der Waals surface area contributed by atoms with Crippen LogP contribution in [-0.4, -0.2) is 23.3 Å². The molecule has 0 aliphatic carbocycles. The molecule has 3 aromatic rings. The van der Waals surface area contributed by atoms with Gasteiger partial charge in [0.25, 0.3) is 0 Å². The van der Waals surface area contributed by atoms with Gasteiger partial charge in [-0.25, -0.2) is 0 Å². The summed E-state index contributed by atoms with van der Waals surface area (Å²) in [6.07, 6.45) is 0. The lowest BCUT2D eigenvalue weighted by molar-refractivity contribution is 0.983. The Bertz CT molecular complexity index is 811. The molecule has 3 rings (SSSR count). The molecule has 0 unspecified atom stereocenters. The smallest absolute Gasteiger partial charge is 0.156 e. The molecule has 0 saturated heterocycles. The van der Waals surface area contributed by atoms with Crippen molar-refractivity contribution in [3.63, 3.8) is 0 Å². The molecule has 1 heterocycles. The second-order valence-corrected chi connectivity index (χ2v) is 5.48. The van der Waals surface area contributed by atoms with Crippen molar-refractivity contribution in [3.8, 4) is 11.3 Å². The van der Waals surface area contributed by atoms with Gasteiger partial charge in [0.2, 0.25) is 0 Å². The van der Waals surface area contributed by atoms with Crippen LogP contribution in [0.2, 0.25) is 0 Å². The minimum absolute atomic E-state index is 0.564. The van der Waals surface area contributed by atoms with Gasteiger partial charge in [0.1, 0.15) is 5.69 Å². The van der Waals surface area contributed by atoms with Gasteiger partial charge in [-0.15, -0.1) is 10.2 Å². The van der Waals surface area contributed by atoms with E-state index in [9.17, 15) is 0 Å². The summed E-state index contributed by atoms with van der Waals surface area (Å²) in [5.74, 6) is 0.787. The fourth-order valence-corrected chi connectivity index (χ4v) is 2.70. The van der Waals surface area contributed by atoms with Crippen molar-refractivity contribution in [2.24, 2.45) is 5.73 Å². The van der Waals surface area contributed by atoms with Crippen molar-refractivity contribution in [2.75, 3.05) is 18.4 Å². The first-order valence-corrected chi connectivity index (χ1v) is 7.47. The summed E-state index contributed by atoms with van der Waals surface area (Å²) >= 11 is 0. The van der Waals surface area contributed by atoms with Crippen LogP contribution in [0.4, 0.5) is 5.82 Å². The van der Waals surface area contributed by atoms with E-state index in [0.717, 1.165) is 27.8 Å². The number of benzene rings is 2. The molecule has 0 aliphatic rings. The highest BCUT2D eigenvalue weighted by Crippen LogP contribution is 2.31. The van der Waals surface area contributed by atoms with Gasteiger partial charge in [-0.05, 0) is 19.4 Å². The van der Waals surface area contributed by atoms with E-state index >= 15 is 0 Å². The largest absolute Gasteiger partial charge is 0.367 e. The van der Waals surface area contributed by atoms with Crippen LogP contribution in [0, 0.1) is 13.8 Å². The number of anilines is 1. The molecule has 0 atom stereocenters. The quantitative estimate of drug-likeness (QED) is 0.774. The van der Waals surface area contributed by atoms with Gasteiger partial charge >= 0.3 is 0 Å². The molecule has 0 amide bonds. The van der Waals surface area contributed by atoms with E-state index in [1.165, 1.54) is 11.1 Å². The fourth-order valence-electron chi connectivity index (χ4n) is 2.70. The highest BCUT2D eigenvalue weighted by molar-refractivity contribution is 6.00. The summed E-state index contributed by atoms with van der Waals surface area (Å²) in [6.45, 7) is 5.45. The third-order valence-corrected chi connectivity index (χ3v) is 3.76. The van der Waals surface area contributed by atoms with Gasteiger partial charge in [-0.1, -0.05) is 48.0 Å². The number of aromatic nitrogens is 2. The third-order valence-electron chi connectivity index (χ3n) is 3.76. The van der Waals surface area contributed by atoms with E-state index in [1.807, 2.05) is 12.1 Å². The van der Waals surface area contributed by atoms with Gasteiger partial charge < -0.3 is 11.1 Å². The first-order chi connectivity index (χ1) is 10.7. The van der Waals surface area contributed by atoms with Gasteiger partial charge in [-0.2, -0.15) is 0 Å². The first kappa shape index (κ1) is 14.5. The summed E-state index contributed by atoms with van der Waals surface area (Å²) in [6, 6.07) is 14.6. The van der Waals surface area contributed by atoms with Gasteiger partial charge in [-0.3, -0.25) is 0 Å². The molecule has 0 saturated carbocycles. The van der Waals surface area contributed by atoms with Gasteiger partial charge in [0.15, 0.2) is 5.82 Å². The molecule has 0 aliphatic heterocycles. The molecule has 0 spiro atoms. The summed E-state index contributed by atoms with van der Waals surface area (Å²) in [5.41, 5.74) is 10.1. The molecule has 1 aromatic heterocycles. The van der Waals surface area contributed by atoms with E-state index in [-0.39, 0.29) is 0 Å². The normalized spacial score (nSPS) is 10.9. The van der Waals surface area contributed by atoms with E-state index in [4.69, 9.17) is 5.73 Å². The summed E-state index contributed by atoms with van der Waals surface area (Å²) < 4.78 is 0. The Morgan fingerprint density at radius 3 is 2.50 bits per heavy atom. The first-order valence-electron chi connectivity index (χ1n) is 7.47. The van der Waals surface area contributed by atoms with Crippen LogP contribution in [0.1, 0.15) is 11.1 Å². The number of hydrogen-bond acceptors (Lipinski definition) is 4. The fraction of sp³-hybridized carbons (Fsp3) is 0.222. The van der Waals surface area contributed by atoms with Crippen LogP contribution in [0.3, 0.4) is 0 Å². The van der Waals surface area contributed by atoms with Gasteiger partial charge in [0.05, 0.1) is 0 Å². The Kier molecular flexibility index (Phi) is 4.02. The predicted molar refractivity (Wildman–Crippen MR) is 92.0 cm³/mol. The number of fused-ring (bicyclic) bond motifs is 1. The maximum absolute atomic E-state index is 5.56. The number of nitrogens with zero attached hydrogens (tertiary/aromatic N) is 2. The molecule has 4 heteroatoms. The van der Waals surface area contributed by atoms with Crippen LogP contribution in [0.25, 0.3) is 22.0 Å². The molecular formula is C18H20N4. The van der Waals surface area contributed by atoms with Crippen molar-refractivity contribution >= 4 is 16.6 Å². The lowest BCUT2D eigenvalue weighted by Gasteiger charge is -2.12. The van der Waals surface area contributed by atoms with Crippen molar-refractivity contribution in [1.29, 1.82) is 0 Å². The lowest BCUT2D eigenvalue weighted by Crippen LogP contribution is -2.14. The van der Waals surface area contributed by atoms with Crippen molar-refractivity contribution in [3.05, 3.63) is 53.6 Å². The third kappa shape index (κ3) is 2.65. The van der Waals surface area contributed by atoms with E-state index in [0.29, 0.717) is 13.1 Å². The number of nitrogens with two attached hydrogens (primary N) is 1. The molecule has 4 nitrogen and oxygen atoms in total. The van der Waals surface area contributed by atoms with Crippen LogP contribution in [-0.2, 0) is 0 Å². The maximum Gasteiger partial charge on any atom is 0.156 e. The van der Waals surface area contributed by atoms with Crippen LogP contribution >= 0.6 is 0 Å². The number of aryl methyl sites for hydroxylation is 2. The summed E-state index contributed by atoms with van der Waals surface area (Å²) in [4.78, 5) is 0. The van der Waals surface area contributed by atoms with E-state index in [1.54, 1.807) is 0 Å². The topological polar surface area (TPSA) is 63.8 Å². The number of nitrogens with one attached hydrogen (secondary N) is 1. The van der Waals surface area contributed by atoms with Crippen LogP contribution < -0.4 is 11.1 Å². The number of rotatable bonds is 4. The molecule has 0 bridgehead atoms. The lowest BCUT2D eigenvalue weighted by atomic mass is 9.99. The zero-order valence-corrected chi connectivity index (χ0v) is 12.9. The van der Waals surface area contributed by atoms with Crippen molar-refractivity contribution in [1.82, 2.24) is 10.2 Å². The minimum atomic E-state index is 0.564. The molecule has 0 radical (unpaired) electrons. The maximum atomic E-state index is 5.56. The average Bonchev–Trinajstić information content (AvgIpc) is 2.53. The zero-order valence-electron chi connectivity index (χ0n) is 12.9. The van der Waals surface area contributed by atoms with Crippen molar-refractivity contribution in [2.45, 2.75) is 13.8 Å². The van der Waals surface area contributed by atoms with Crippen LogP contribution in [0.15, 0.2) is 42.5 Å². The monoisotopic (exact) mass is 292 g/mol. The highest BCUT2D eigenvalue weighted by Gasteiger charge is 2.12. The van der Waals surface area contributed by atoms with Gasteiger partial charge in [0, 0.05) is 29.4 Å². The predicted octanol–water partition coefficient (Wildman–Crippen LogP) is 3.28. The Morgan fingerprint density at radius 2 is 1.77 bits per heavy atom. The standard InChI is InChI=1S/C18H20N4/c1-12-7-8-14(13(2)11-12)17-15-5-3-4-6-16(15)18(22-21-17)20-10-9-19/h3-8,11H,9-10,19H2,1-2H3,(H,20,22). The Hall–Kier alpha value is -2.46. The molecule has 2 aromatic carbocycles. The Balaban J connectivity index is 2.19. The molecular weight excluding hydrogens is 272 g/mol. The number of hydrogen-bond donors (Lipinski definition) is 2. The van der Waals surface area contributed by atoms with E-state index < -0.39 is 0 Å². The average molecular weight is 292 g/mol. The minimum Gasteiger partial charge on any atom is -0.367 e. The summed E-state index contributed by atoms with van der Waals surface area (Å²) in [5, 5.41) is 14.2. The SMILES string of the molecule is Cc1ccc(-c2nnc(NCCN)c3ccccc23)c(C)c1. The van der Waals surface area contributed by atoms with E-state index in [2.05, 4.69) is 59.7 Å². The molecule has 3 N–H and O–H groups in total. The zero-order chi connectivity index (χ0) is 15.5. The second-order valence-electron chi connectivity index (χ2n) is 5.48.